The average molecular weight is 512 g/mol. The molecule has 6 aromatic carbocycles. The Bertz CT molecular complexity index is 1770. The normalized spacial score (nSPS) is 13.5. The van der Waals surface area contributed by atoms with E-state index >= 15 is 0 Å². The highest BCUT2D eigenvalue weighted by molar-refractivity contribution is 7.05. The molecule has 1 nitrogen and oxygen atoms in total. The van der Waals surface area contributed by atoms with Gasteiger partial charge >= 0.3 is 0 Å². The van der Waals surface area contributed by atoms with Gasteiger partial charge in [-0.05, 0) is 68.7 Å². The first-order valence-electron chi connectivity index (χ1n) is 12.7. The molecule has 7 rings (SSSR count). The van der Waals surface area contributed by atoms with Gasteiger partial charge in [-0.25, -0.2) is 0 Å². The zero-order valence-corrected chi connectivity index (χ0v) is 22.6. The largest absolute Gasteiger partial charge is 0.310 e. The van der Waals surface area contributed by atoms with E-state index < -0.39 is 8.07 Å². The first-order chi connectivity index (χ1) is 18.1. The Kier molecular flexibility index (Phi) is 5.04. The number of benzene rings is 6. The molecule has 0 bridgehead atoms. The quantitative estimate of drug-likeness (QED) is 0.214. The zero-order chi connectivity index (χ0) is 25.1. The first kappa shape index (κ1) is 22.4. The summed E-state index contributed by atoms with van der Waals surface area (Å²) in [7, 11) is -2.01. The van der Waals surface area contributed by atoms with Crippen molar-refractivity contribution in [2.24, 2.45) is 0 Å². The fraction of sp³-hybridized carbons (Fsp3) is 0.0588. The van der Waals surface area contributed by atoms with E-state index in [0.717, 1.165) is 21.8 Å². The Balaban J connectivity index is 1.63. The van der Waals surface area contributed by atoms with Crippen LogP contribution in [0.3, 0.4) is 0 Å². The Morgan fingerprint density at radius 2 is 1.08 bits per heavy atom. The summed E-state index contributed by atoms with van der Waals surface area (Å²) in [6.45, 7) is 4.95. The van der Waals surface area contributed by atoms with Crippen LogP contribution in [0.15, 0.2) is 121 Å². The zero-order valence-electron chi connectivity index (χ0n) is 20.9. The number of rotatable bonds is 3. The first-order valence-corrected chi connectivity index (χ1v) is 16.1. The average Bonchev–Trinajstić information content (AvgIpc) is 3.16. The van der Waals surface area contributed by atoms with Gasteiger partial charge in [0.1, 0.15) is 8.07 Å². The molecule has 1 aliphatic rings. The smallest absolute Gasteiger partial charge is 0.114 e. The number of anilines is 3. The standard InChI is InChI=1S/C34H26ClNSi/c1-37(2)32-22-30(35)25-17-9-11-19-27(25)33(32)29-21-31(26-18-10-12-20-28(26)34(29)37)36(23-13-5-3-6-14-23)24-15-7-4-8-16-24/h3-22H,1-2H3. The third-order valence-corrected chi connectivity index (χ3v) is 11.7. The molecule has 0 atom stereocenters. The van der Waals surface area contributed by atoms with E-state index in [2.05, 4.69) is 139 Å². The number of halogens is 1. The minimum absolute atomic E-state index is 0.849. The van der Waals surface area contributed by atoms with Crippen molar-refractivity contribution in [2.75, 3.05) is 4.90 Å². The molecule has 0 aliphatic carbocycles. The lowest BCUT2D eigenvalue weighted by Crippen LogP contribution is -2.49. The highest BCUT2D eigenvalue weighted by Gasteiger charge is 2.41. The van der Waals surface area contributed by atoms with Crippen molar-refractivity contribution in [1.82, 2.24) is 0 Å². The maximum atomic E-state index is 6.88. The van der Waals surface area contributed by atoms with Gasteiger partial charge in [-0.1, -0.05) is 110 Å². The summed E-state index contributed by atoms with van der Waals surface area (Å²) < 4.78 is 0. The molecule has 0 saturated carbocycles. The predicted octanol–water partition coefficient (Wildman–Crippen LogP) is 8.92. The van der Waals surface area contributed by atoms with Crippen LogP contribution in [-0.4, -0.2) is 8.07 Å². The van der Waals surface area contributed by atoms with Crippen LogP contribution in [0, 0.1) is 0 Å². The van der Waals surface area contributed by atoms with E-state index in [1.165, 1.54) is 43.3 Å². The molecular weight excluding hydrogens is 486 g/mol. The molecule has 0 N–H and O–H groups in total. The van der Waals surface area contributed by atoms with Gasteiger partial charge < -0.3 is 4.90 Å². The van der Waals surface area contributed by atoms with Gasteiger partial charge in [-0.15, -0.1) is 0 Å². The summed E-state index contributed by atoms with van der Waals surface area (Å²) in [5, 5.41) is 8.78. The molecule has 0 unspecified atom stereocenters. The summed E-state index contributed by atoms with van der Waals surface area (Å²) in [5.41, 5.74) is 6.21. The van der Waals surface area contributed by atoms with Crippen molar-refractivity contribution < 1.29 is 0 Å². The van der Waals surface area contributed by atoms with Crippen molar-refractivity contribution in [3.63, 3.8) is 0 Å². The van der Waals surface area contributed by atoms with Crippen molar-refractivity contribution in [1.29, 1.82) is 0 Å². The maximum Gasteiger partial charge on any atom is 0.114 e. The molecule has 0 spiro atoms. The molecule has 1 aliphatic heterocycles. The molecule has 0 radical (unpaired) electrons. The van der Waals surface area contributed by atoms with Gasteiger partial charge in [0.15, 0.2) is 0 Å². The highest BCUT2D eigenvalue weighted by atomic mass is 35.5. The van der Waals surface area contributed by atoms with E-state index in [9.17, 15) is 0 Å². The molecule has 0 saturated heterocycles. The molecule has 0 amide bonds. The fourth-order valence-electron chi connectivity index (χ4n) is 6.24. The van der Waals surface area contributed by atoms with Crippen LogP contribution >= 0.6 is 11.6 Å². The number of fused-ring (bicyclic) bond motifs is 7. The lowest BCUT2D eigenvalue weighted by Gasteiger charge is -2.29. The summed E-state index contributed by atoms with van der Waals surface area (Å²) in [6, 6.07) is 43.6. The maximum absolute atomic E-state index is 6.88. The Labute approximate surface area is 223 Å². The van der Waals surface area contributed by atoms with Gasteiger partial charge in [0.2, 0.25) is 0 Å². The third-order valence-electron chi connectivity index (χ3n) is 7.85. The fourth-order valence-corrected chi connectivity index (χ4v) is 10.0. The van der Waals surface area contributed by atoms with Crippen LogP contribution in [0.5, 0.6) is 0 Å². The van der Waals surface area contributed by atoms with Crippen molar-refractivity contribution in [3.05, 3.63) is 126 Å². The van der Waals surface area contributed by atoms with Crippen LogP contribution in [0.2, 0.25) is 18.1 Å². The molecule has 1 heterocycles. The Morgan fingerprint density at radius 1 is 0.568 bits per heavy atom. The third kappa shape index (κ3) is 3.30. The molecule has 3 heteroatoms. The van der Waals surface area contributed by atoms with Crippen LogP contribution in [-0.2, 0) is 0 Å². The predicted molar refractivity (Wildman–Crippen MR) is 163 cm³/mol. The summed E-state index contributed by atoms with van der Waals surface area (Å²) in [5.74, 6) is 0. The second-order valence-corrected chi connectivity index (χ2v) is 15.0. The lowest BCUT2D eigenvalue weighted by atomic mass is 9.94. The molecule has 0 fully saturated rings. The molecule has 0 aromatic heterocycles. The minimum atomic E-state index is -2.01. The van der Waals surface area contributed by atoms with Crippen LogP contribution in [0.25, 0.3) is 32.7 Å². The number of hydrogen-bond acceptors (Lipinski definition) is 1. The minimum Gasteiger partial charge on any atom is -0.310 e. The second kappa shape index (κ2) is 8.34. The summed E-state index contributed by atoms with van der Waals surface area (Å²) in [4.78, 5) is 2.40. The number of nitrogens with zero attached hydrogens (tertiary/aromatic N) is 1. The van der Waals surface area contributed by atoms with Crippen LogP contribution in [0.4, 0.5) is 17.1 Å². The topological polar surface area (TPSA) is 3.24 Å². The monoisotopic (exact) mass is 511 g/mol. The number of para-hydroxylation sites is 2. The summed E-state index contributed by atoms with van der Waals surface area (Å²) >= 11 is 6.88. The van der Waals surface area contributed by atoms with Gasteiger partial charge in [-0.3, -0.25) is 0 Å². The van der Waals surface area contributed by atoms with Crippen molar-refractivity contribution in [2.45, 2.75) is 13.1 Å². The van der Waals surface area contributed by atoms with Gasteiger partial charge in [0.25, 0.3) is 0 Å². The lowest BCUT2D eigenvalue weighted by molar-refractivity contribution is 1.30. The van der Waals surface area contributed by atoms with Crippen LogP contribution in [0.1, 0.15) is 0 Å². The van der Waals surface area contributed by atoms with Crippen molar-refractivity contribution in [3.8, 4) is 11.1 Å². The van der Waals surface area contributed by atoms with Gasteiger partial charge in [0, 0.05) is 27.2 Å². The van der Waals surface area contributed by atoms with Crippen LogP contribution < -0.4 is 15.3 Å². The van der Waals surface area contributed by atoms with Gasteiger partial charge in [0.05, 0.1) is 5.69 Å². The molecule has 178 valence electrons. The van der Waals surface area contributed by atoms with Crippen molar-refractivity contribution >= 4 is 68.7 Å². The molecule has 6 aromatic rings. The SMILES string of the molecule is C[Si]1(C)c2cc(Cl)c3ccccc3c2-c2cc(N(c3ccccc3)c3ccccc3)c3ccccc3c21. The summed E-state index contributed by atoms with van der Waals surface area (Å²) in [6.07, 6.45) is 0. The van der Waals surface area contributed by atoms with E-state index in [1.54, 1.807) is 0 Å². The van der Waals surface area contributed by atoms with E-state index in [0.29, 0.717) is 0 Å². The molecule has 37 heavy (non-hydrogen) atoms. The highest BCUT2D eigenvalue weighted by Crippen LogP contribution is 2.45. The second-order valence-electron chi connectivity index (χ2n) is 10.3. The van der Waals surface area contributed by atoms with E-state index in [1.807, 2.05) is 0 Å². The Hall–Kier alpha value is -3.85. The molecular formula is C34H26ClNSi. The van der Waals surface area contributed by atoms with E-state index in [4.69, 9.17) is 11.6 Å². The van der Waals surface area contributed by atoms with Gasteiger partial charge in [-0.2, -0.15) is 0 Å². The number of hydrogen-bond donors (Lipinski definition) is 0. The van der Waals surface area contributed by atoms with E-state index in [-0.39, 0.29) is 0 Å². The Morgan fingerprint density at radius 3 is 1.70 bits per heavy atom.